The molecule has 0 bridgehead atoms. The van der Waals surface area contributed by atoms with E-state index in [0.29, 0.717) is 12.8 Å². The lowest BCUT2D eigenvalue weighted by atomic mass is 9.79. The first-order chi connectivity index (χ1) is 13.7. The molecular weight excluding hydrogens is 356 g/mol. The number of amides is 1. The van der Waals surface area contributed by atoms with Gasteiger partial charge in [0.15, 0.2) is 11.5 Å². The van der Waals surface area contributed by atoms with Gasteiger partial charge in [-0.2, -0.15) is 0 Å². The number of rotatable bonds is 7. The molecule has 0 aliphatic carbocycles. The van der Waals surface area contributed by atoms with Gasteiger partial charge in [-0.3, -0.25) is 4.79 Å². The number of piperidine rings is 1. The van der Waals surface area contributed by atoms with Crippen LogP contribution in [-0.4, -0.2) is 57.0 Å². The van der Waals surface area contributed by atoms with Crippen LogP contribution < -0.4 is 14.8 Å². The smallest absolute Gasteiger partial charge is 0.231 e. The van der Waals surface area contributed by atoms with Gasteiger partial charge in [-0.15, -0.1) is 0 Å². The summed E-state index contributed by atoms with van der Waals surface area (Å²) in [5, 5.41) is 3.23. The summed E-state index contributed by atoms with van der Waals surface area (Å²) in [5.41, 5.74) is 1.26. The molecule has 0 saturated carbocycles. The summed E-state index contributed by atoms with van der Waals surface area (Å²) in [5.74, 6) is 1.69. The molecule has 0 atom stereocenters. The Kier molecular flexibility index (Phi) is 6.37. The first kappa shape index (κ1) is 19.5. The third kappa shape index (κ3) is 4.97. The average Bonchev–Trinajstić information content (AvgIpc) is 3.20. The molecule has 0 spiro atoms. The Balaban J connectivity index is 1.27. The molecule has 3 heterocycles. The van der Waals surface area contributed by atoms with E-state index in [4.69, 9.17) is 14.2 Å². The van der Waals surface area contributed by atoms with Crippen LogP contribution in [-0.2, 0) is 16.0 Å². The van der Waals surface area contributed by atoms with Crippen LogP contribution in [0.3, 0.4) is 0 Å². The summed E-state index contributed by atoms with van der Waals surface area (Å²) in [7, 11) is 0. The predicted octanol–water partition coefficient (Wildman–Crippen LogP) is 2.75. The van der Waals surface area contributed by atoms with Gasteiger partial charge < -0.3 is 24.4 Å². The minimum absolute atomic E-state index is 0.127. The largest absolute Gasteiger partial charge is 0.454 e. The highest BCUT2D eigenvalue weighted by Crippen LogP contribution is 2.33. The minimum atomic E-state index is 0.127. The molecule has 3 aliphatic heterocycles. The molecule has 0 unspecified atom stereocenters. The normalized spacial score (nSPS) is 21.4. The second-order valence-electron chi connectivity index (χ2n) is 8.41. The van der Waals surface area contributed by atoms with Crippen molar-refractivity contribution >= 4 is 5.91 Å². The number of hydrogen-bond acceptors (Lipinski definition) is 5. The van der Waals surface area contributed by atoms with Crippen LogP contribution in [0.1, 0.15) is 44.1 Å². The maximum atomic E-state index is 12.5. The van der Waals surface area contributed by atoms with Crippen molar-refractivity contribution in [3.8, 4) is 11.5 Å². The van der Waals surface area contributed by atoms with Gasteiger partial charge in [-0.25, -0.2) is 0 Å². The van der Waals surface area contributed by atoms with E-state index in [9.17, 15) is 4.79 Å². The molecule has 0 aromatic heterocycles. The van der Waals surface area contributed by atoms with E-state index in [0.717, 1.165) is 56.2 Å². The van der Waals surface area contributed by atoms with Crippen LogP contribution in [0.15, 0.2) is 18.2 Å². The molecule has 6 heteroatoms. The third-order valence-corrected chi connectivity index (χ3v) is 6.30. The van der Waals surface area contributed by atoms with E-state index in [-0.39, 0.29) is 18.1 Å². The van der Waals surface area contributed by atoms with E-state index in [1.165, 1.54) is 32.4 Å². The maximum Gasteiger partial charge on any atom is 0.231 e. The average molecular weight is 389 g/mol. The van der Waals surface area contributed by atoms with Gasteiger partial charge in [0.1, 0.15) is 0 Å². The molecule has 6 nitrogen and oxygen atoms in total. The Bertz CT molecular complexity index is 667. The van der Waals surface area contributed by atoms with Crippen LogP contribution in [0.4, 0.5) is 0 Å². The molecule has 28 heavy (non-hydrogen) atoms. The number of benzene rings is 1. The SMILES string of the molecule is O=C(CCc1ccc2c(c1)OCO2)NCC1(CN2CCCCC2)CCOCC1. The van der Waals surface area contributed by atoms with Gasteiger partial charge in [-0.1, -0.05) is 12.5 Å². The number of ether oxygens (including phenoxy) is 3. The minimum Gasteiger partial charge on any atom is -0.454 e. The second-order valence-corrected chi connectivity index (χ2v) is 8.41. The molecule has 1 N–H and O–H groups in total. The summed E-state index contributed by atoms with van der Waals surface area (Å²) in [6.45, 7) is 6.12. The Morgan fingerprint density at radius 2 is 1.86 bits per heavy atom. The van der Waals surface area contributed by atoms with Crippen LogP contribution in [0.2, 0.25) is 0 Å². The summed E-state index contributed by atoms with van der Waals surface area (Å²) >= 11 is 0. The van der Waals surface area contributed by atoms with Gasteiger partial charge in [0.2, 0.25) is 12.7 Å². The highest BCUT2D eigenvalue weighted by Gasteiger charge is 2.35. The molecule has 4 rings (SSSR count). The van der Waals surface area contributed by atoms with Gasteiger partial charge in [0, 0.05) is 38.1 Å². The number of fused-ring (bicyclic) bond motifs is 1. The lowest BCUT2D eigenvalue weighted by Crippen LogP contribution is -2.49. The van der Waals surface area contributed by atoms with Crippen molar-refractivity contribution in [1.29, 1.82) is 0 Å². The van der Waals surface area contributed by atoms with Crippen LogP contribution >= 0.6 is 0 Å². The lowest BCUT2D eigenvalue weighted by molar-refractivity contribution is -0.122. The molecule has 2 saturated heterocycles. The fourth-order valence-corrected chi connectivity index (χ4v) is 4.52. The highest BCUT2D eigenvalue weighted by atomic mass is 16.7. The Morgan fingerprint density at radius 3 is 2.68 bits per heavy atom. The van der Waals surface area contributed by atoms with Crippen LogP contribution in [0.25, 0.3) is 0 Å². The number of nitrogens with zero attached hydrogens (tertiary/aromatic N) is 1. The zero-order valence-electron chi connectivity index (χ0n) is 16.7. The van der Waals surface area contributed by atoms with Crippen molar-refractivity contribution in [1.82, 2.24) is 10.2 Å². The quantitative estimate of drug-likeness (QED) is 0.778. The van der Waals surface area contributed by atoms with Crippen LogP contribution in [0, 0.1) is 5.41 Å². The fraction of sp³-hybridized carbons (Fsp3) is 0.682. The van der Waals surface area contributed by atoms with Crippen molar-refractivity contribution in [3.63, 3.8) is 0 Å². The van der Waals surface area contributed by atoms with E-state index in [1.807, 2.05) is 18.2 Å². The fourth-order valence-electron chi connectivity index (χ4n) is 4.52. The maximum absolute atomic E-state index is 12.5. The standard InChI is InChI=1S/C22H32N2O4/c25-21(7-5-18-4-6-19-20(14-18)28-17-27-19)23-15-22(8-12-26-13-9-22)16-24-10-2-1-3-11-24/h4,6,14H,1-3,5,7-13,15-17H2,(H,23,25). The molecule has 1 amide bonds. The number of carbonyl (C=O) groups excluding carboxylic acids is 1. The van der Waals surface area contributed by atoms with Gasteiger partial charge >= 0.3 is 0 Å². The van der Waals surface area contributed by atoms with Gasteiger partial charge in [0.05, 0.1) is 0 Å². The molecule has 154 valence electrons. The molecule has 2 fully saturated rings. The van der Waals surface area contributed by atoms with E-state index < -0.39 is 0 Å². The lowest BCUT2D eigenvalue weighted by Gasteiger charge is -2.42. The summed E-state index contributed by atoms with van der Waals surface area (Å²) in [4.78, 5) is 15.1. The van der Waals surface area contributed by atoms with Crippen LogP contribution in [0.5, 0.6) is 11.5 Å². The molecule has 3 aliphatic rings. The molecular formula is C22H32N2O4. The number of hydrogen-bond donors (Lipinski definition) is 1. The van der Waals surface area contributed by atoms with Crippen molar-refractivity contribution < 1.29 is 19.0 Å². The molecule has 1 aromatic carbocycles. The Hall–Kier alpha value is -1.79. The number of aryl methyl sites for hydroxylation is 1. The Morgan fingerprint density at radius 1 is 1.07 bits per heavy atom. The summed E-state index contributed by atoms with van der Waals surface area (Å²) in [6.07, 6.45) is 7.23. The molecule has 1 aromatic rings. The first-order valence-electron chi connectivity index (χ1n) is 10.7. The van der Waals surface area contributed by atoms with Crippen molar-refractivity contribution in [2.45, 2.75) is 44.9 Å². The van der Waals surface area contributed by atoms with Crippen molar-refractivity contribution in [2.24, 2.45) is 5.41 Å². The van der Waals surface area contributed by atoms with Crippen molar-refractivity contribution in [2.75, 3.05) is 46.2 Å². The highest BCUT2D eigenvalue weighted by molar-refractivity contribution is 5.76. The first-order valence-corrected chi connectivity index (χ1v) is 10.7. The van der Waals surface area contributed by atoms with E-state index in [2.05, 4.69) is 10.2 Å². The molecule has 0 radical (unpaired) electrons. The second kappa shape index (κ2) is 9.14. The number of likely N-dealkylation sites (tertiary alicyclic amines) is 1. The summed E-state index contributed by atoms with van der Waals surface area (Å²) in [6, 6.07) is 5.91. The van der Waals surface area contributed by atoms with E-state index >= 15 is 0 Å². The predicted molar refractivity (Wildman–Crippen MR) is 107 cm³/mol. The summed E-state index contributed by atoms with van der Waals surface area (Å²) < 4.78 is 16.4. The number of carbonyl (C=O) groups is 1. The zero-order valence-corrected chi connectivity index (χ0v) is 16.7. The number of nitrogens with one attached hydrogen (secondary N) is 1. The van der Waals surface area contributed by atoms with Gasteiger partial charge in [0.25, 0.3) is 0 Å². The van der Waals surface area contributed by atoms with Gasteiger partial charge in [-0.05, 0) is 62.9 Å². The van der Waals surface area contributed by atoms with Crippen molar-refractivity contribution in [3.05, 3.63) is 23.8 Å². The third-order valence-electron chi connectivity index (χ3n) is 6.30. The topological polar surface area (TPSA) is 60.0 Å². The zero-order chi connectivity index (χ0) is 19.2. The Labute approximate surface area is 167 Å². The monoisotopic (exact) mass is 388 g/mol. The van der Waals surface area contributed by atoms with E-state index in [1.54, 1.807) is 0 Å².